The van der Waals surface area contributed by atoms with E-state index in [1.165, 1.54) is 18.4 Å². The maximum Gasteiger partial charge on any atom is 0.271 e. The van der Waals surface area contributed by atoms with E-state index < -0.39 is 0 Å². The van der Waals surface area contributed by atoms with Crippen molar-refractivity contribution < 1.29 is 33.4 Å². The molecule has 0 radical (unpaired) electrons. The topological polar surface area (TPSA) is 142 Å². The van der Waals surface area contributed by atoms with Crippen LogP contribution in [0.1, 0.15) is 45.7 Å². The van der Waals surface area contributed by atoms with Crippen molar-refractivity contribution in [2.75, 3.05) is 72.5 Å². The minimum absolute atomic E-state index is 0.00342. The molecule has 4 heterocycles. The highest BCUT2D eigenvalue weighted by Crippen LogP contribution is 2.35. The summed E-state index contributed by atoms with van der Waals surface area (Å²) in [7, 11) is 5.38. The Hall–Kier alpha value is -4.79. The summed E-state index contributed by atoms with van der Waals surface area (Å²) in [6.45, 7) is 3.98. The maximum atomic E-state index is 13.2. The SMILES string of the molecule is COc1cc(C=O)c(/N=C\C2CCCN2C)cc1OCCCC(=O)NC1C=C(C(=O)Nc2ccc3sc(C(=O)N4CCOCC4)cc3c2)N(C)C1. The quantitative estimate of drug-likeness (QED) is 0.152. The molecule has 3 aliphatic heterocycles. The number of benzene rings is 2. The summed E-state index contributed by atoms with van der Waals surface area (Å²) in [5.41, 5.74) is 2.00. The summed E-state index contributed by atoms with van der Waals surface area (Å²) < 4.78 is 17.7. The van der Waals surface area contributed by atoms with Crippen molar-refractivity contribution in [2.24, 2.45) is 4.99 Å². The van der Waals surface area contributed by atoms with Crippen LogP contribution in [0.25, 0.3) is 10.1 Å². The number of thiophene rings is 1. The number of likely N-dealkylation sites (tertiary alicyclic amines) is 1. The lowest BCUT2D eigenvalue weighted by Gasteiger charge is -2.26. The van der Waals surface area contributed by atoms with Gasteiger partial charge in [-0.15, -0.1) is 11.3 Å². The number of aldehydes is 1. The van der Waals surface area contributed by atoms with Gasteiger partial charge >= 0.3 is 0 Å². The van der Waals surface area contributed by atoms with Gasteiger partial charge < -0.3 is 34.6 Å². The average molecular weight is 717 g/mol. The molecule has 3 aromatic rings. The largest absolute Gasteiger partial charge is 0.493 e. The number of nitrogens with zero attached hydrogens (tertiary/aromatic N) is 4. The molecule has 1 aromatic heterocycles. The predicted molar refractivity (Wildman–Crippen MR) is 197 cm³/mol. The molecule has 2 N–H and O–H groups in total. The molecule has 13 nitrogen and oxygen atoms in total. The van der Waals surface area contributed by atoms with E-state index in [1.54, 1.807) is 23.1 Å². The molecule has 270 valence electrons. The number of carbonyl (C=O) groups is 4. The minimum atomic E-state index is -0.326. The third kappa shape index (κ3) is 8.75. The highest BCUT2D eigenvalue weighted by atomic mass is 32.1. The summed E-state index contributed by atoms with van der Waals surface area (Å²) in [5, 5.41) is 6.84. The van der Waals surface area contributed by atoms with Crippen molar-refractivity contribution in [3.63, 3.8) is 0 Å². The van der Waals surface area contributed by atoms with Gasteiger partial charge in [-0.25, -0.2) is 0 Å². The first-order valence-corrected chi connectivity index (χ1v) is 18.0. The lowest BCUT2D eigenvalue weighted by atomic mass is 10.1. The van der Waals surface area contributed by atoms with Crippen LogP contribution in [0.4, 0.5) is 11.4 Å². The van der Waals surface area contributed by atoms with Crippen molar-refractivity contribution in [2.45, 2.75) is 37.8 Å². The summed E-state index contributed by atoms with van der Waals surface area (Å²) in [5.74, 6) is 0.426. The molecule has 51 heavy (non-hydrogen) atoms. The van der Waals surface area contributed by atoms with E-state index in [2.05, 4.69) is 27.6 Å². The molecule has 0 bridgehead atoms. The molecular weight excluding hydrogens is 673 g/mol. The fourth-order valence-electron chi connectivity index (χ4n) is 6.47. The van der Waals surface area contributed by atoms with Gasteiger partial charge in [-0.3, -0.25) is 29.1 Å². The van der Waals surface area contributed by atoms with Crippen molar-refractivity contribution in [1.82, 2.24) is 20.0 Å². The molecular formula is C37H44N6O7S. The van der Waals surface area contributed by atoms with Gasteiger partial charge in [0.15, 0.2) is 17.8 Å². The normalized spacial score (nSPS) is 19.4. The first kappa shape index (κ1) is 36.0. The number of hydrogen-bond donors (Lipinski definition) is 2. The third-order valence-corrected chi connectivity index (χ3v) is 10.4. The van der Waals surface area contributed by atoms with Crippen LogP contribution in [0.2, 0.25) is 0 Å². The Morgan fingerprint density at radius 1 is 1.08 bits per heavy atom. The molecule has 2 fully saturated rings. The van der Waals surface area contributed by atoms with Gasteiger partial charge in [0, 0.05) is 67.4 Å². The molecule has 3 aliphatic rings. The van der Waals surface area contributed by atoms with E-state index in [9.17, 15) is 19.2 Å². The molecule has 2 saturated heterocycles. The number of rotatable bonds is 13. The number of anilines is 1. The lowest BCUT2D eigenvalue weighted by molar-refractivity contribution is -0.121. The molecule has 3 amide bonds. The van der Waals surface area contributed by atoms with Crippen LogP contribution >= 0.6 is 11.3 Å². The molecule has 0 saturated carbocycles. The van der Waals surface area contributed by atoms with Crippen molar-refractivity contribution in [3.05, 3.63) is 58.6 Å². The van der Waals surface area contributed by atoms with Crippen LogP contribution in [0.5, 0.6) is 11.5 Å². The summed E-state index contributed by atoms with van der Waals surface area (Å²) in [6, 6.07) is 10.7. The van der Waals surface area contributed by atoms with E-state index in [1.807, 2.05) is 42.4 Å². The van der Waals surface area contributed by atoms with Crippen LogP contribution in [0, 0.1) is 0 Å². The van der Waals surface area contributed by atoms with Crippen LogP contribution in [0.15, 0.2) is 53.2 Å². The molecule has 14 heteroatoms. The highest BCUT2D eigenvalue weighted by molar-refractivity contribution is 7.20. The van der Waals surface area contributed by atoms with E-state index >= 15 is 0 Å². The fourth-order valence-corrected chi connectivity index (χ4v) is 7.48. The lowest BCUT2D eigenvalue weighted by Crippen LogP contribution is -2.40. The van der Waals surface area contributed by atoms with E-state index in [4.69, 9.17) is 14.2 Å². The first-order valence-electron chi connectivity index (χ1n) is 17.2. The number of carbonyl (C=O) groups excluding carboxylic acids is 4. The number of hydrogen-bond acceptors (Lipinski definition) is 11. The van der Waals surface area contributed by atoms with Crippen LogP contribution in [-0.4, -0.2) is 124 Å². The molecule has 2 aromatic carbocycles. The van der Waals surface area contributed by atoms with Gasteiger partial charge in [0.1, 0.15) is 5.70 Å². The second-order valence-corrected chi connectivity index (χ2v) is 14.0. The molecule has 0 aliphatic carbocycles. The number of morpholine rings is 1. The Morgan fingerprint density at radius 2 is 1.90 bits per heavy atom. The number of fused-ring (bicyclic) bond motifs is 1. The number of methoxy groups -OCH3 is 1. The summed E-state index contributed by atoms with van der Waals surface area (Å²) in [6.07, 6.45) is 7.18. The Bertz CT molecular complexity index is 1830. The van der Waals surface area contributed by atoms with Gasteiger partial charge in [0.2, 0.25) is 5.91 Å². The Balaban J connectivity index is 0.991. The Kier molecular flexibility index (Phi) is 11.6. The number of ether oxygens (including phenoxy) is 3. The zero-order valence-corrected chi connectivity index (χ0v) is 30.0. The fraction of sp³-hybridized carbons (Fsp3) is 0.432. The Labute approximate surface area is 301 Å². The standard InChI is InChI=1S/C37H44N6O7S/c1-41-10-4-6-28(41)21-38-29-20-32(31(48-3)17-25(29)23-44)50-13-5-7-35(45)39-27-19-30(42(2)22-27)36(46)40-26-8-9-33-24(16-26)18-34(51-33)37(47)43-11-14-49-15-12-43/h8-9,16-21,23,27-28H,4-7,10-15,22H2,1-3H3,(H,39,45)(H,40,46)/b38-21-. The Morgan fingerprint density at radius 3 is 2.65 bits per heavy atom. The molecule has 2 unspecified atom stereocenters. The van der Waals surface area contributed by atoms with Crippen molar-refractivity contribution >= 4 is 63.0 Å². The smallest absolute Gasteiger partial charge is 0.271 e. The number of aliphatic imine (C=N–C) groups is 1. The van der Waals surface area contributed by atoms with Gasteiger partial charge in [0.05, 0.1) is 43.5 Å². The number of likely N-dealkylation sites (N-methyl/N-ethyl adjacent to an activating group) is 1. The third-order valence-electron chi connectivity index (χ3n) is 9.31. The van der Waals surface area contributed by atoms with Crippen LogP contribution in [0.3, 0.4) is 0 Å². The van der Waals surface area contributed by atoms with Gasteiger partial charge in [-0.2, -0.15) is 0 Å². The maximum absolute atomic E-state index is 13.2. The first-order chi connectivity index (χ1) is 24.7. The zero-order chi connectivity index (χ0) is 35.9. The number of amides is 3. The second-order valence-electron chi connectivity index (χ2n) is 12.9. The molecule has 6 rings (SSSR count). The van der Waals surface area contributed by atoms with Crippen LogP contribution < -0.4 is 20.1 Å². The molecule has 2 atom stereocenters. The summed E-state index contributed by atoms with van der Waals surface area (Å²) >= 11 is 1.44. The van der Waals surface area contributed by atoms with Gasteiger partial charge in [-0.05, 0) is 74.6 Å². The monoisotopic (exact) mass is 716 g/mol. The van der Waals surface area contributed by atoms with Gasteiger partial charge in [0.25, 0.3) is 11.8 Å². The predicted octanol–water partition coefficient (Wildman–Crippen LogP) is 4.10. The van der Waals surface area contributed by atoms with E-state index in [0.717, 1.165) is 35.8 Å². The van der Waals surface area contributed by atoms with Gasteiger partial charge in [-0.1, -0.05) is 0 Å². The second kappa shape index (κ2) is 16.5. The van der Waals surface area contributed by atoms with E-state index in [-0.39, 0.29) is 42.8 Å². The average Bonchev–Trinajstić information content (AvgIpc) is 3.86. The molecule has 0 spiro atoms. The van der Waals surface area contributed by atoms with Crippen molar-refractivity contribution in [1.29, 1.82) is 0 Å². The number of nitrogens with one attached hydrogen (secondary N) is 2. The minimum Gasteiger partial charge on any atom is -0.493 e. The van der Waals surface area contributed by atoms with Crippen molar-refractivity contribution in [3.8, 4) is 11.5 Å². The summed E-state index contributed by atoms with van der Waals surface area (Å²) in [4.78, 5) is 61.8. The van der Waals surface area contributed by atoms with Crippen LogP contribution in [-0.2, 0) is 14.3 Å². The van der Waals surface area contributed by atoms with E-state index in [0.29, 0.717) is 78.3 Å². The highest BCUT2D eigenvalue weighted by Gasteiger charge is 2.27. The zero-order valence-electron chi connectivity index (χ0n) is 29.2.